The van der Waals surface area contributed by atoms with Gasteiger partial charge in [0.25, 0.3) is 0 Å². The Kier molecular flexibility index (Phi) is 2.67. The Morgan fingerprint density at radius 3 is 2.87 bits per heavy atom. The van der Waals surface area contributed by atoms with Crippen LogP contribution in [-0.2, 0) is 9.59 Å². The SMILES string of the molecule is CC(C)C[C@H]1NC(=O)[C@H]2CCCN2C1=O. The minimum absolute atomic E-state index is 0.0396. The second kappa shape index (κ2) is 3.83. The zero-order chi connectivity index (χ0) is 11.0. The fraction of sp³-hybridized carbons (Fsp3) is 0.818. The first-order valence-corrected chi connectivity index (χ1v) is 5.70. The lowest BCUT2D eigenvalue weighted by atomic mass is 9.99. The van der Waals surface area contributed by atoms with E-state index in [0.29, 0.717) is 5.92 Å². The Morgan fingerprint density at radius 1 is 1.47 bits per heavy atom. The molecule has 2 atom stereocenters. The number of fused-ring (bicyclic) bond motifs is 1. The average molecular weight is 210 g/mol. The lowest BCUT2D eigenvalue weighted by molar-refractivity contribution is -0.147. The molecule has 2 rings (SSSR count). The predicted molar refractivity (Wildman–Crippen MR) is 56.1 cm³/mol. The lowest BCUT2D eigenvalue weighted by Gasteiger charge is -2.35. The quantitative estimate of drug-likeness (QED) is 0.722. The summed E-state index contributed by atoms with van der Waals surface area (Å²) in [5.41, 5.74) is 0. The van der Waals surface area contributed by atoms with Gasteiger partial charge in [0.05, 0.1) is 0 Å². The van der Waals surface area contributed by atoms with E-state index in [0.717, 1.165) is 25.8 Å². The van der Waals surface area contributed by atoms with Gasteiger partial charge in [0.15, 0.2) is 0 Å². The van der Waals surface area contributed by atoms with Crippen LogP contribution in [0.1, 0.15) is 33.1 Å². The van der Waals surface area contributed by atoms with Gasteiger partial charge in [-0.1, -0.05) is 13.8 Å². The fourth-order valence-electron chi connectivity index (χ4n) is 2.46. The first-order chi connectivity index (χ1) is 7.09. The molecule has 0 aromatic heterocycles. The van der Waals surface area contributed by atoms with Gasteiger partial charge in [-0.05, 0) is 25.2 Å². The molecule has 4 nitrogen and oxygen atoms in total. The minimum Gasteiger partial charge on any atom is -0.342 e. The third-order valence-electron chi connectivity index (χ3n) is 3.16. The van der Waals surface area contributed by atoms with E-state index in [9.17, 15) is 9.59 Å². The number of hydrogen-bond donors (Lipinski definition) is 1. The largest absolute Gasteiger partial charge is 0.342 e. The number of nitrogens with zero attached hydrogens (tertiary/aromatic N) is 1. The van der Waals surface area contributed by atoms with Gasteiger partial charge < -0.3 is 10.2 Å². The predicted octanol–water partition coefficient (Wildman–Crippen LogP) is 0.522. The van der Waals surface area contributed by atoms with Crippen LogP contribution in [0.25, 0.3) is 0 Å². The first-order valence-electron chi connectivity index (χ1n) is 5.70. The third kappa shape index (κ3) is 1.85. The smallest absolute Gasteiger partial charge is 0.245 e. The minimum atomic E-state index is -0.285. The molecule has 0 spiro atoms. The van der Waals surface area contributed by atoms with Gasteiger partial charge in [-0.2, -0.15) is 0 Å². The molecule has 0 aliphatic carbocycles. The molecule has 0 radical (unpaired) electrons. The number of carbonyl (C=O) groups is 2. The molecule has 2 heterocycles. The fourth-order valence-corrected chi connectivity index (χ4v) is 2.46. The summed E-state index contributed by atoms with van der Waals surface area (Å²) in [4.78, 5) is 25.5. The summed E-state index contributed by atoms with van der Waals surface area (Å²) < 4.78 is 0. The van der Waals surface area contributed by atoms with Crippen LogP contribution < -0.4 is 5.32 Å². The van der Waals surface area contributed by atoms with Crippen molar-refractivity contribution in [3.63, 3.8) is 0 Å². The maximum Gasteiger partial charge on any atom is 0.245 e. The van der Waals surface area contributed by atoms with Gasteiger partial charge in [-0.25, -0.2) is 0 Å². The third-order valence-corrected chi connectivity index (χ3v) is 3.16. The molecule has 2 saturated heterocycles. The lowest BCUT2D eigenvalue weighted by Crippen LogP contribution is -2.61. The normalized spacial score (nSPS) is 30.7. The Bertz CT molecular complexity index is 288. The van der Waals surface area contributed by atoms with Gasteiger partial charge in [-0.3, -0.25) is 9.59 Å². The van der Waals surface area contributed by atoms with Gasteiger partial charge in [0.2, 0.25) is 11.8 Å². The van der Waals surface area contributed by atoms with Crippen molar-refractivity contribution >= 4 is 11.8 Å². The van der Waals surface area contributed by atoms with Crippen LogP contribution in [0.4, 0.5) is 0 Å². The van der Waals surface area contributed by atoms with Crippen molar-refractivity contribution in [3.8, 4) is 0 Å². The second-order valence-corrected chi connectivity index (χ2v) is 4.88. The summed E-state index contributed by atoms with van der Waals surface area (Å²) in [5.74, 6) is 0.585. The summed E-state index contributed by atoms with van der Waals surface area (Å²) in [6.45, 7) is 4.89. The highest BCUT2D eigenvalue weighted by atomic mass is 16.2. The van der Waals surface area contributed by atoms with E-state index >= 15 is 0 Å². The summed E-state index contributed by atoms with van der Waals surface area (Å²) >= 11 is 0. The van der Waals surface area contributed by atoms with E-state index in [4.69, 9.17) is 0 Å². The molecule has 0 saturated carbocycles. The van der Waals surface area contributed by atoms with Crippen LogP contribution in [0.2, 0.25) is 0 Å². The van der Waals surface area contributed by atoms with Gasteiger partial charge in [0.1, 0.15) is 12.1 Å². The van der Waals surface area contributed by atoms with Crippen molar-refractivity contribution in [2.45, 2.75) is 45.2 Å². The number of rotatable bonds is 2. The molecule has 4 heteroatoms. The summed E-state index contributed by atoms with van der Waals surface area (Å²) in [6.07, 6.45) is 2.53. The van der Waals surface area contributed by atoms with E-state index < -0.39 is 0 Å². The molecule has 2 fully saturated rings. The van der Waals surface area contributed by atoms with E-state index in [1.165, 1.54) is 0 Å². The number of amides is 2. The van der Waals surface area contributed by atoms with Crippen molar-refractivity contribution in [1.82, 2.24) is 10.2 Å². The van der Waals surface area contributed by atoms with Gasteiger partial charge in [0, 0.05) is 6.54 Å². The topological polar surface area (TPSA) is 49.4 Å². The van der Waals surface area contributed by atoms with Crippen LogP contribution in [0.3, 0.4) is 0 Å². The molecule has 1 N–H and O–H groups in total. The highest BCUT2D eigenvalue weighted by molar-refractivity contribution is 5.97. The Morgan fingerprint density at radius 2 is 2.20 bits per heavy atom. The summed E-state index contributed by atoms with van der Waals surface area (Å²) in [6, 6.07) is -0.465. The van der Waals surface area contributed by atoms with Crippen molar-refractivity contribution < 1.29 is 9.59 Å². The van der Waals surface area contributed by atoms with E-state index in [1.807, 2.05) is 0 Å². The van der Waals surface area contributed by atoms with Crippen LogP contribution in [0.15, 0.2) is 0 Å². The summed E-state index contributed by atoms with van der Waals surface area (Å²) in [5, 5.41) is 2.84. The Labute approximate surface area is 90.0 Å². The van der Waals surface area contributed by atoms with Crippen molar-refractivity contribution in [1.29, 1.82) is 0 Å². The highest BCUT2D eigenvalue weighted by Gasteiger charge is 2.42. The van der Waals surface area contributed by atoms with Gasteiger partial charge >= 0.3 is 0 Å². The molecule has 84 valence electrons. The highest BCUT2D eigenvalue weighted by Crippen LogP contribution is 2.23. The first kappa shape index (κ1) is 10.5. The molecule has 15 heavy (non-hydrogen) atoms. The molecule has 0 unspecified atom stereocenters. The number of piperazine rings is 1. The Hall–Kier alpha value is -1.06. The van der Waals surface area contributed by atoms with Crippen molar-refractivity contribution in [2.75, 3.05) is 6.54 Å². The van der Waals surface area contributed by atoms with Crippen molar-refractivity contribution in [2.24, 2.45) is 5.92 Å². The second-order valence-electron chi connectivity index (χ2n) is 4.88. The van der Waals surface area contributed by atoms with Crippen molar-refractivity contribution in [3.05, 3.63) is 0 Å². The van der Waals surface area contributed by atoms with Crippen LogP contribution in [0, 0.1) is 5.92 Å². The van der Waals surface area contributed by atoms with Crippen LogP contribution >= 0.6 is 0 Å². The van der Waals surface area contributed by atoms with Crippen LogP contribution in [0.5, 0.6) is 0 Å². The molecule has 2 amide bonds. The monoisotopic (exact) mass is 210 g/mol. The number of hydrogen-bond acceptors (Lipinski definition) is 2. The standard InChI is InChI=1S/C11H18N2O2/c1-7(2)6-8-11(15)13-5-3-4-9(13)10(14)12-8/h7-9H,3-6H2,1-2H3,(H,12,14)/t8-,9-/m1/s1. The molecule has 2 aliphatic heterocycles. The maximum absolute atomic E-state index is 12.0. The molecule has 2 aliphatic rings. The number of carbonyl (C=O) groups excluding carboxylic acids is 2. The average Bonchev–Trinajstić information content (AvgIpc) is 2.61. The van der Waals surface area contributed by atoms with Crippen LogP contribution in [-0.4, -0.2) is 35.3 Å². The summed E-state index contributed by atoms with van der Waals surface area (Å²) in [7, 11) is 0. The van der Waals surface area contributed by atoms with E-state index in [2.05, 4.69) is 19.2 Å². The Balaban J connectivity index is 2.10. The molecular weight excluding hydrogens is 192 g/mol. The zero-order valence-electron chi connectivity index (χ0n) is 9.32. The maximum atomic E-state index is 12.0. The van der Waals surface area contributed by atoms with E-state index in [1.54, 1.807) is 4.90 Å². The molecular formula is C11H18N2O2. The zero-order valence-corrected chi connectivity index (χ0v) is 9.32. The van der Waals surface area contributed by atoms with E-state index in [-0.39, 0.29) is 23.9 Å². The molecule has 0 aromatic rings. The number of nitrogens with one attached hydrogen (secondary N) is 1. The van der Waals surface area contributed by atoms with Gasteiger partial charge in [-0.15, -0.1) is 0 Å². The molecule has 0 bridgehead atoms. The molecule has 0 aromatic carbocycles.